The van der Waals surface area contributed by atoms with Crippen molar-refractivity contribution in [3.63, 3.8) is 0 Å². The van der Waals surface area contributed by atoms with E-state index in [0.717, 1.165) is 11.8 Å². The quantitative estimate of drug-likeness (QED) is 0.281. The Morgan fingerprint density at radius 3 is 0.386 bits per heavy atom. The zero-order valence-corrected chi connectivity index (χ0v) is 37.9. The van der Waals surface area contributed by atoms with Crippen LogP contribution in [0, 0.1) is 11.8 Å². The van der Waals surface area contributed by atoms with Crippen LogP contribution in [-0.2, 0) is 0 Å². The van der Waals surface area contributed by atoms with Gasteiger partial charge in [-0.1, -0.05) is 269 Å². The Morgan fingerprint density at radius 2 is 0.341 bits per heavy atom. The molecule has 0 spiro atoms. The Balaban J connectivity index is -0.0000000314. The van der Waals surface area contributed by atoms with Gasteiger partial charge in [-0.15, -0.1) is 0 Å². The zero-order valence-electron chi connectivity index (χ0n) is 37.9. The average molecular weight is 639 g/mol. The summed E-state index contributed by atoms with van der Waals surface area (Å²) in [7, 11) is 0. The van der Waals surface area contributed by atoms with Gasteiger partial charge in [0.1, 0.15) is 0 Å². The lowest BCUT2D eigenvalue weighted by atomic mass is 9.69. The molecule has 2 unspecified atom stereocenters. The minimum absolute atomic E-state index is 1.12. The van der Waals surface area contributed by atoms with Crippen molar-refractivity contribution in [2.75, 3.05) is 0 Å². The van der Waals surface area contributed by atoms with Crippen molar-refractivity contribution >= 4 is 0 Å². The Bertz CT molecular complexity index is 173. The third-order valence-corrected chi connectivity index (χ3v) is 3.39. The van der Waals surface area contributed by atoms with Crippen molar-refractivity contribution in [3.8, 4) is 0 Å². The molecule has 0 N–H and O–H groups in total. The summed E-state index contributed by atoms with van der Waals surface area (Å²) < 4.78 is 0. The van der Waals surface area contributed by atoms with E-state index in [1.807, 2.05) is 0 Å². The highest BCUT2D eigenvalue weighted by Crippen LogP contribution is 2.40. The predicted molar refractivity (Wildman–Crippen MR) is 226 cm³/mol. The molecule has 1 saturated carbocycles. The van der Waals surface area contributed by atoms with Crippen molar-refractivity contribution in [2.24, 2.45) is 11.8 Å². The number of hydrogen-bond donors (Lipinski definition) is 0. The Hall–Kier alpha value is 0. The van der Waals surface area contributed by atoms with Crippen LogP contribution in [0.3, 0.4) is 0 Å². The molecule has 1 fully saturated rings. The lowest BCUT2D eigenvalue weighted by Gasteiger charge is -2.36. The van der Waals surface area contributed by atoms with E-state index in [-0.39, 0.29) is 0 Å². The van der Waals surface area contributed by atoms with Crippen LogP contribution in [0.4, 0.5) is 0 Å². The summed E-state index contributed by atoms with van der Waals surface area (Å²) in [5.74, 6) is 2.23. The van der Waals surface area contributed by atoms with E-state index in [1.165, 1.54) is 116 Å². The van der Waals surface area contributed by atoms with Crippen molar-refractivity contribution in [2.45, 2.75) is 282 Å². The zero-order chi connectivity index (χ0) is 37.9. The summed E-state index contributed by atoms with van der Waals surface area (Å²) in [5, 5.41) is 0. The van der Waals surface area contributed by atoms with Gasteiger partial charge in [0, 0.05) is 0 Å². The summed E-state index contributed by atoms with van der Waals surface area (Å²) in [6.07, 6.45) is 24.0. The molecule has 1 aliphatic carbocycles. The summed E-state index contributed by atoms with van der Waals surface area (Å²) in [6, 6.07) is 0. The molecule has 0 radical (unpaired) electrons. The molecule has 2 atom stereocenters. The van der Waals surface area contributed by atoms with Gasteiger partial charge in [0.15, 0.2) is 0 Å². The summed E-state index contributed by atoms with van der Waals surface area (Å²) in [5.41, 5.74) is 0. The summed E-state index contributed by atoms with van der Waals surface area (Å²) in [4.78, 5) is 0. The number of unbranched alkanes of at least 4 members (excludes halogenated alkanes) is 1. The smallest absolute Gasteiger partial charge is 0.0386 e. The van der Waals surface area contributed by atoms with Crippen LogP contribution in [0.25, 0.3) is 0 Å². The molecule has 0 heteroatoms. The minimum atomic E-state index is 1.12. The molecule has 1 rings (SSSR count). The lowest BCUT2D eigenvalue weighted by molar-refractivity contribution is 0.151. The van der Waals surface area contributed by atoms with E-state index in [9.17, 15) is 0 Å². The highest BCUT2D eigenvalue weighted by Gasteiger charge is 2.28. The molecular weight excluding hydrogens is 528 g/mol. The van der Waals surface area contributed by atoms with E-state index in [4.69, 9.17) is 0 Å². The molecule has 1 aliphatic rings. The molecule has 0 aromatic heterocycles. The molecule has 0 saturated heterocycles. The molecule has 44 heavy (non-hydrogen) atoms. The Kier molecular flexibility index (Phi) is 224. The van der Waals surface area contributed by atoms with Gasteiger partial charge in [-0.05, 0) is 24.7 Å². The maximum Gasteiger partial charge on any atom is -0.0386 e. The van der Waals surface area contributed by atoms with Crippen LogP contribution in [0.1, 0.15) is 282 Å². The molecule has 0 amide bonds. The maximum absolute atomic E-state index is 2.31. The van der Waals surface area contributed by atoms with E-state index >= 15 is 0 Å². The second-order valence-corrected chi connectivity index (χ2v) is 11.7. The van der Waals surface area contributed by atoms with Crippen LogP contribution >= 0.6 is 0 Å². The fourth-order valence-electron chi connectivity index (χ4n) is 2.14. The standard InChI is InChI=1S/C10H20.C4H10.10C3H8/c1-3-5-9-7-8-10(9)6-4-2;1-3-4-2;10*1-3-2/h9-10H,3-8H2,1-2H3;3-4H2,1-2H3;10*3H2,1-2H3. The SMILES string of the molecule is CCC.CCC.CCC.CCC.CCC.CCC.CCC.CCC.CCC.CCC.CCCC.CCCC1CCC1CCC. The maximum atomic E-state index is 2.31. The van der Waals surface area contributed by atoms with Gasteiger partial charge in [-0.2, -0.15) is 0 Å². The highest BCUT2D eigenvalue weighted by molar-refractivity contribution is 4.79. The fraction of sp³-hybridized carbons (Fsp3) is 1.00. The average Bonchev–Trinajstić information content (AvgIpc) is 2.94. The molecular formula is C44H110. The largest absolute Gasteiger partial charge is 0.0656 e. The normalized spacial score (nSPS) is 12.0. The number of rotatable bonds is 5. The van der Waals surface area contributed by atoms with E-state index < -0.39 is 0 Å². The molecule has 0 nitrogen and oxygen atoms in total. The lowest BCUT2D eigenvalue weighted by Crippen LogP contribution is -2.25. The molecule has 286 valence electrons. The first-order valence-corrected chi connectivity index (χ1v) is 20.9. The van der Waals surface area contributed by atoms with E-state index in [1.54, 1.807) is 0 Å². The highest BCUT2D eigenvalue weighted by atomic mass is 14.3. The Morgan fingerprint density at radius 1 is 0.227 bits per heavy atom. The monoisotopic (exact) mass is 639 g/mol. The van der Waals surface area contributed by atoms with Crippen molar-refractivity contribution in [3.05, 3.63) is 0 Å². The first kappa shape index (κ1) is 74.7. The van der Waals surface area contributed by atoms with Crippen molar-refractivity contribution < 1.29 is 0 Å². The summed E-state index contributed by atoms with van der Waals surface area (Å²) in [6.45, 7) is 51.5. The predicted octanol–water partition coefficient (Wildman–Crippen LogP) is 19.6. The van der Waals surface area contributed by atoms with Crippen LogP contribution < -0.4 is 0 Å². The topological polar surface area (TPSA) is 0 Å². The van der Waals surface area contributed by atoms with Gasteiger partial charge in [0.05, 0.1) is 0 Å². The molecule has 0 heterocycles. The summed E-state index contributed by atoms with van der Waals surface area (Å²) >= 11 is 0. The van der Waals surface area contributed by atoms with Crippen molar-refractivity contribution in [1.29, 1.82) is 0 Å². The van der Waals surface area contributed by atoms with Gasteiger partial charge >= 0.3 is 0 Å². The van der Waals surface area contributed by atoms with Gasteiger partial charge in [-0.3, -0.25) is 0 Å². The van der Waals surface area contributed by atoms with Crippen LogP contribution in [0.5, 0.6) is 0 Å². The van der Waals surface area contributed by atoms with Gasteiger partial charge < -0.3 is 0 Å². The first-order chi connectivity index (χ1) is 20.9. The molecule has 0 aromatic rings. The van der Waals surface area contributed by atoms with Crippen LogP contribution in [0.2, 0.25) is 0 Å². The third kappa shape index (κ3) is 276. The second-order valence-electron chi connectivity index (χ2n) is 11.7. The van der Waals surface area contributed by atoms with Crippen LogP contribution in [-0.4, -0.2) is 0 Å². The fourth-order valence-corrected chi connectivity index (χ4v) is 2.14. The minimum Gasteiger partial charge on any atom is -0.0656 e. The van der Waals surface area contributed by atoms with Gasteiger partial charge in [-0.25, -0.2) is 0 Å². The third-order valence-electron chi connectivity index (χ3n) is 3.39. The van der Waals surface area contributed by atoms with Gasteiger partial charge in [0.25, 0.3) is 0 Å². The Labute approximate surface area is 292 Å². The van der Waals surface area contributed by atoms with E-state index in [0.29, 0.717) is 0 Å². The first-order valence-electron chi connectivity index (χ1n) is 20.9. The van der Waals surface area contributed by atoms with Gasteiger partial charge in [0.2, 0.25) is 0 Å². The number of hydrogen-bond acceptors (Lipinski definition) is 0. The second kappa shape index (κ2) is 132. The van der Waals surface area contributed by atoms with E-state index in [2.05, 4.69) is 166 Å². The van der Waals surface area contributed by atoms with Crippen molar-refractivity contribution in [1.82, 2.24) is 0 Å². The molecule has 0 aromatic carbocycles. The molecule has 0 bridgehead atoms. The van der Waals surface area contributed by atoms with Crippen LogP contribution in [0.15, 0.2) is 0 Å². The molecule has 0 aliphatic heterocycles.